The molecule has 0 aliphatic rings. The fourth-order valence-corrected chi connectivity index (χ4v) is 1.13. The first-order valence-corrected chi connectivity index (χ1v) is 6.14. The van der Waals surface area contributed by atoms with Gasteiger partial charge in [0.15, 0.2) is 0 Å². The van der Waals surface area contributed by atoms with Crippen LogP contribution >= 0.6 is 7.82 Å². The number of halogens is 1. The first-order chi connectivity index (χ1) is 8.11. The average Bonchev–Trinajstić information content (AvgIpc) is 2.20. The number of aliphatic hydroxyl groups excluding tert-OH is 1. The van der Waals surface area contributed by atoms with E-state index < -0.39 is 20.4 Å². The summed E-state index contributed by atoms with van der Waals surface area (Å²) in [6, 6.07) is 0. The van der Waals surface area contributed by atoms with Crippen LogP contribution in [0.1, 0.15) is 16.8 Å². The Bertz CT molecular complexity index is 455. The molecular weight excluding hydrogens is 270 g/mol. The van der Waals surface area contributed by atoms with E-state index in [1.807, 2.05) is 0 Å². The summed E-state index contributed by atoms with van der Waals surface area (Å²) in [6.07, 6.45) is 0. The van der Waals surface area contributed by atoms with Crippen LogP contribution in [0, 0.1) is 12.9 Å². The van der Waals surface area contributed by atoms with E-state index >= 15 is 0 Å². The average molecular weight is 284 g/mol. The molecule has 7 N–H and O–H groups in total. The Hall–Kier alpha value is -1.09. The van der Waals surface area contributed by atoms with Crippen molar-refractivity contribution >= 4 is 7.82 Å². The molecule has 0 aromatic carbocycles. The second-order valence-electron chi connectivity index (χ2n) is 3.17. The molecule has 1 aromatic heterocycles. The predicted octanol–water partition coefficient (Wildman–Crippen LogP) is -0.743. The van der Waals surface area contributed by atoms with E-state index in [4.69, 9.17) is 30.1 Å². The van der Waals surface area contributed by atoms with Crippen molar-refractivity contribution < 1.29 is 33.8 Å². The van der Waals surface area contributed by atoms with Crippen LogP contribution in [0.4, 0.5) is 4.39 Å². The summed E-state index contributed by atoms with van der Waals surface area (Å²) in [6.45, 7) is 0.930. The van der Waals surface area contributed by atoms with Gasteiger partial charge in [-0.2, -0.15) is 4.39 Å². The van der Waals surface area contributed by atoms with Crippen LogP contribution in [0.2, 0.25) is 0 Å². The molecule has 0 spiro atoms. The van der Waals surface area contributed by atoms with E-state index in [1.165, 1.54) is 6.92 Å². The zero-order chi connectivity index (χ0) is 14.5. The zero-order valence-electron chi connectivity index (χ0n) is 9.41. The number of pyridine rings is 1. The number of aliphatic hydroxyl groups is 1. The van der Waals surface area contributed by atoms with Crippen LogP contribution in [0.5, 0.6) is 5.75 Å². The number of hydrogen-bond acceptors (Lipinski definition) is 5. The lowest BCUT2D eigenvalue weighted by molar-refractivity contribution is 0.270. The summed E-state index contributed by atoms with van der Waals surface area (Å²) < 4.78 is 21.9. The van der Waals surface area contributed by atoms with Crippen LogP contribution in [0.15, 0.2) is 0 Å². The first kappa shape index (κ1) is 16.9. The maximum Gasteiger partial charge on any atom is 0.466 e. The lowest BCUT2D eigenvalue weighted by Gasteiger charge is -2.09. The largest absolute Gasteiger partial charge is 0.506 e. The number of phosphoric acid groups is 1. The molecule has 1 aromatic rings. The van der Waals surface area contributed by atoms with Gasteiger partial charge < -0.3 is 30.6 Å². The molecule has 1 heterocycles. The molecule has 1 rings (SSSR count). The molecule has 0 aliphatic heterocycles. The number of rotatable bonds is 2. The smallest absolute Gasteiger partial charge is 0.466 e. The molecule has 0 amide bonds. The lowest BCUT2D eigenvalue weighted by Crippen LogP contribution is -2.07. The lowest BCUT2D eigenvalue weighted by atomic mass is 10.1. The molecule has 0 aliphatic carbocycles. The monoisotopic (exact) mass is 284 g/mol. The highest BCUT2D eigenvalue weighted by Gasteiger charge is 2.15. The minimum absolute atomic E-state index is 0.0258. The van der Waals surface area contributed by atoms with Gasteiger partial charge in [-0.05, 0) is 6.92 Å². The first-order valence-electron chi connectivity index (χ1n) is 4.57. The van der Waals surface area contributed by atoms with Gasteiger partial charge in [-0.3, -0.25) is 0 Å². The van der Waals surface area contributed by atoms with Crippen LogP contribution in [-0.2, 0) is 17.7 Å². The highest BCUT2D eigenvalue weighted by atomic mass is 31.2. The van der Waals surface area contributed by atoms with Gasteiger partial charge in [0.2, 0.25) is 5.95 Å². The number of aromatic hydroxyl groups is 1. The Balaban J connectivity index is 0.000000494. The third-order valence-electron chi connectivity index (χ3n) is 1.87. The number of nitrogens with two attached hydrogens (primary N) is 1. The molecule has 104 valence electrons. The number of nitrogens with zero attached hydrogens (tertiary/aromatic N) is 1. The van der Waals surface area contributed by atoms with E-state index in [0.717, 1.165) is 0 Å². The van der Waals surface area contributed by atoms with Gasteiger partial charge in [-0.25, -0.2) is 9.55 Å². The third kappa shape index (κ3) is 5.50. The van der Waals surface area contributed by atoms with Crippen LogP contribution in [0.25, 0.3) is 0 Å². The van der Waals surface area contributed by atoms with Gasteiger partial charge in [-0.15, -0.1) is 0 Å². The van der Waals surface area contributed by atoms with Crippen molar-refractivity contribution in [2.75, 3.05) is 0 Å². The van der Waals surface area contributed by atoms with Crippen molar-refractivity contribution in [1.29, 1.82) is 0 Å². The topological polar surface area (TPSA) is 157 Å². The highest BCUT2D eigenvalue weighted by molar-refractivity contribution is 7.45. The van der Waals surface area contributed by atoms with Crippen molar-refractivity contribution in [2.24, 2.45) is 5.73 Å². The van der Waals surface area contributed by atoms with E-state index in [0.29, 0.717) is 0 Å². The van der Waals surface area contributed by atoms with Crippen molar-refractivity contribution in [3.05, 3.63) is 22.8 Å². The summed E-state index contributed by atoms with van der Waals surface area (Å²) in [5, 5.41) is 18.2. The van der Waals surface area contributed by atoms with Gasteiger partial charge in [0.1, 0.15) is 5.75 Å². The van der Waals surface area contributed by atoms with Crippen LogP contribution in [0.3, 0.4) is 0 Å². The Morgan fingerprint density at radius 3 is 2.11 bits per heavy atom. The van der Waals surface area contributed by atoms with E-state index in [-0.39, 0.29) is 29.1 Å². The molecule has 10 heteroatoms. The quantitative estimate of drug-likeness (QED) is 0.306. The maximum absolute atomic E-state index is 13.0. The highest BCUT2D eigenvalue weighted by Crippen LogP contribution is 2.26. The fraction of sp³-hybridized carbons (Fsp3) is 0.375. The van der Waals surface area contributed by atoms with Gasteiger partial charge >= 0.3 is 7.82 Å². The van der Waals surface area contributed by atoms with Crippen molar-refractivity contribution in [3.8, 4) is 5.75 Å². The van der Waals surface area contributed by atoms with Crippen molar-refractivity contribution in [2.45, 2.75) is 20.1 Å². The second-order valence-corrected chi connectivity index (χ2v) is 4.20. The minimum Gasteiger partial charge on any atom is -0.506 e. The molecule has 8 nitrogen and oxygen atoms in total. The second kappa shape index (κ2) is 6.74. The molecule has 0 saturated heterocycles. The van der Waals surface area contributed by atoms with Gasteiger partial charge in [0, 0.05) is 17.7 Å². The molecule has 0 atom stereocenters. The minimum atomic E-state index is -4.64. The number of aryl methyl sites for hydroxylation is 1. The molecule has 0 bridgehead atoms. The molecule has 0 radical (unpaired) electrons. The standard InChI is InChI=1S/C8H11FN2O2.H3O4P/c1-4-7(13)5(2-10)6(3-12)8(9)11-4;1-5(2,3)4/h12-13H,2-3,10H2,1H3;(H3,1,2,3,4). The van der Waals surface area contributed by atoms with Gasteiger partial charge in [-0.1, -0.05) is 0 Å². The third-order valence-corrected chi connectivity index (χ3v) is 1.87. The van der Waals surface area contributed by atoms with Gasteiger partial charge in [0.05, 0.1) is 12.3 Å². The normalized spacial score (nSPS) is 10.8. The number of aromatic nitrogens is 1. The summed E-state index contributed by atoms with van der Waals surface area (Å²) in [7, 11) is -4.64. The molecule has 18 heavy (non-hydrogen) atoms. The van der Waals surface area contributed by atoms with E-state index in [2.05, 4.69) is 4.98 Å². The molecule has 0 saturated carbocycles. The Morgan fingerprint density at radius 1 is 1.33 bits per heavy atom. The fourth-order valence-electron chi connectivity index (χ4n) is 1.13. The summed E-state index contributed by atoms with van der Waals surface area (Å²) in [5.41, 5.74) is 5.65. The van der Waals surface area contributed by atoms with Crippen molar-refractivity contribution in [1.82, 2.24) is 4.98 Å². The predicted molar refractivity (Wildman–Crippen MR) is 58.7 cm³/mol. The zero-order valence-corrected chi connectivity index (χ0v) is 10.3. The summed E-state index contributed by atoms with van der Waals surface area (Å²) >= 11 is 0. The van der Waals surface area contributed by atoms with E-state index in [1.54, 1.807) is 0 Å². The van der Waals surface area contributed by atoms with Crippen LogP contribution in [-0.4, -0.2) is 29.9 Å². The Morgan fingerprint density at radius 2 is 1.78 bits per heavy atom. The Labute approximate surface area is 102 Å². The van der Waals surface area contributed by atoms with Crippen LogP contribution < -0.4 is 5.73 Å². The van der Waals surface area contributed by atoms with Crippen molar-refractivity contribution in [3.63, 3.8) is 0 Å². The molecular formula is C8H14FN2O6P. The van der Waals surface area contributed by atoms with E-state index in [9.17, 15) is 9.50 Å². The molecule has 0 fully saturated rings. The number of hydrogen-bond donors (Lipinski definition) is 6. The summed E-state index contributed by atoms with van der Waals surface area (Å²) in [4.78, 5) is 25.0. The SMILES string of the molecule is Cc1nc(F)c(CO)c(CN)c1O.O=P(O)(O)O. The van der Waals surface area contributed by atoms with Gasteiger partial charge in [0.25, 0.3) is 0 Å². The molecule has 0 unspecified atom stereocenters. The summed E-state index contributed by atoms with van der Waals surface area (Å²) in [5.74, 6) is -0.925. The Kier molecular flexibility index (Phi) is 6.33. The maximum atomic E-state index is 13.0.